The molecular formula is C25H17F3N2O5. The number of carboxylic acid groups (broad SMARTS) is 1. The van der Waals surface area contributed by atoms with Crippen LogP contribution in [0, 0.1) is 0 Å². The van der Waals surface area contributed by atoms with Gasteiger partial charge in [-0.05, 0) is 42.0 Å². The Morgan fingerprint density at radius 1 is 1.00 bits per heavy atom. The third kappa shape index (κ3) is 4.50. The van der Waals surface area contributed by atoms with Crippen LogP contribution in [0.4, 0.5) is 13.2 Å². The van der Waals surface area contributed by atoms with Crippen LogP contribution >= 0.6 is 0 Å². The van der Waals surface area contributed by atoms with Gasteiger partial charge in [0.2, 0.25) is 0 Å². The number of halogens is 3. The SMILES string of the molecule is COC(=O)c1c(Cc2ccc(C(=O)O)cc2)c(=O)c2ccc(C(F)(F)F)nc2n1-c1ccccc1. The molecule has 4 aromatic rings. The molecule has 0 radical (unpaired) electrons. The van der Waals surface area contributed by atoms with E-state index in [0.717, 1.165) is 13.2 Å². The molecule has 2 aromatic carbocycles. The fourth-order valence-corrected chi connectivity index (χ4v) is 3.74. The lowest BCUT2D eigenvalue weighted by Crippen LogP contribution is -2.26. The number of hydrogen-bond acceptors (Lipinski definition) is 5. The first kappa shape index (κ1) is 23.7. The van der Waals surface area contributed by atoms with E-state index < -0.39 is 29.2 Å². The molecule has 7 nitrogen and oxygen atoms in total. The summed E-state index contributed by atoms with van der Waals surface area (Å²) in [5, 5.41) is 9.00. The average Bonchev–Trinajstić information content (AvgIpc) is 2.85. The number of esters is 1. The molecule has 0 aliphatic carbocycles. The van der Waals surface area contributed by atoms with Crippen molar-refractivity contribution in [3.05, 3.63) is 105 Å². The first-order chi connectivity index (χ1) is 16.6. The Morgan fingerprint density at radius 2 is 1.66 bits per heavy atom. The molecule has 0 saturated carbocycles. The Kier molecular flexibility index (Phi) is 6.12. The maximum Gasteiger partial charge on any atom is 0.433 e. The molecule has 2 aromatic heterocycles. The van der Waals surface area contributed by atoms with Crippen molar-refractivity contribution >= 4 is 23.0 Å². The number of carbonyl (C=O) groups is 2. The molecule has 35 heavy (non-hydrogen) atoms. The fourth-order valence-electron chi connectivity index (χ4n) is 3.74. The van der Waals surface area contributed by atoms with E-state index in [0.29, 0.717) is 17.3 Å². The zero-order chi connectivity index (χ0) is 25.3. The Labute approximate surface area is 196 Å². The zero-order valence-corrected chi connectivity index (χ0v) is 18.2. The van der Waals surface area contributed by atoms with Gasteiger partial charge in [0.15, 0.2) is 5.43 Å². The Balaban J connectivity index is 2.08. The maximum absolute atomic E-state index is 13.5. The van der Waals surface area contributed by atoms with Crippen LogP contribution in [-0.2, 0) is 17.3 Å². The van der Waals surface area contributed by atoms with Crippen LogP contribution in [0.1, 0.15) is 37.7 Å². The van der Waals surface area contributed by atoms with Crippen LogP contribution in [0.3, 0.4) is 0 Å². The molecule has 0 bridgehead atoms. The molecule has 4 rings (SSSR count). The van der Waals surface area contributed by atoms with Gasteiger partial charge in [-0.3, -0.25) is 9.36 Å². The van der Waals surface area contributed by atoms with Gasteiger partial charge < -0.3 is 9.84 Å². The number of fused-ring (bicyclic) bond motifs is 1. The Bertz CT molecular complexity index is 1490. The minimum absolute atomic E-state index is 0.0298. The number of carbonyl (C=O) groups excluding carboxylic acids is 1. The Morgan fingerprint density at radius 3 is 2.23 bits per heavy atom. The molecule has 0 aliphatic heterocycles. The second kappa shape index (κ2) is 9.05. The topological polar surface area (TPSA) is 98.5 Å². The van der Waals surface area contributed by atoms with Gasteiger partial charge in [0.05, 0.1) is 18.1 Å². The van der Waals surface area contributed by atoms with Crippen LogP contribution in [0.15, 0.2) is 71.5 Å². The highest BCUT2D eigenvalue weighted by Crippen LogP contribution is 2.30. The summed E-state index contributed by atoms with van der Waals surface area (Å²) in [4.78, 5) is 41.2. The van der Waals surface area contributed by atoms with Crippen LogP contribution < -0.4 is 5.43 Å². The highest BCUT2D eigenvalue weighted by Gasteiger charge is 2.34. The first-order valence-corrected chi connectivity index (χ1v) is 10.2. The van der Waals surface area contributed by atoms with E-state index in [2.05, 4.69) is 4.98 Å². The number of rotatable bonds is 5. The number of nitrogens with zero attached hydrogens (tertiary/aromatic N) is 2. The molecule has 10 heteroatoms. The summed E-state index contributed by atoms with van der Waals surface area (Å²) in [5.74, 6) is -2.07. The average molecular weight is 482 g/mol. The minimum Gasteiger partial charge on any atom is -0.478 e. The maximum atomic E-state index is 13.5. The molecule has 0 spiro atoms. The number of aromatic carboxylic acids is 1. The lowest BCUT2D eigenvalue weighted by molar-refractivity contribution is -0.141. The van der Waals surface area contributed by atoms with Gasteiger partial charge in [-0.1, -0.05) is 30.3 Å². The van der Waals surface area contributed by atoms with Crippen molar-refractivity contribution < 1.29 is 32.6 Å². The van der Waals surface area contributed by atoms with Gasteiger partial charge >= 0.3 is 18.1 Å². The molecule has 0 aliphatic rings. The van der Waals surface area contributed by atoms with Gasteiger partial charge in [-0.15, -0.1) is 0 Å². The molecule has 0 atom stereocenters. The van der Waals surface area contributed by atoms with Crippen LogP contribution in [0.5, 0.6) is 0 Å². The van der Waals surface area contributed by atoms with Crippen molar-refractivity contribution in [2.24, 2.45) is 0 Å². The first-order valence-electron chi connectivity index (χ1n) is 10.2. The monoisotopic (exact) mass is 482 g/mol. The summed E-state index contributed by atoms with van der Waals surface area (Å²) < 4.78 is 46.4. The molecule has 178 valence electrons. The number of carboxylic acids is 1. The number of para-hydroxylation sites is 1. The molecular weight excluding hydrogens is 465 g/mol. The number of methoxy groups -OCH3 is 1. The molecule has 2 heterocycles. The van der Waals surface area contributed by atoms with E-state index >= 15 is 0 Å². The minimum atomic E-state index is -4.78. The predicted molar refractivity (Wildman–Crippen MR) is 120 cm³/mol. The van der Waals surface area contributed by atoms with E-state index in [4.69, 9.17) is 9.84 Å². The molecule has 1 N–H and O–H groups in total. The summed E-state index contributed by atoms with van der Waals surface area (Å²) >= 11 is 0. The smallest absolute Gasteiger partial charge is 0.433 e. The molecule has 0 fully saturated rings. The standard InChI is InChI=1S/C25H17F3N2O5/c1-35-24(34)20-18(13-14-7-9-15(10-8-14)23(32)33)21(31)17-11-12-19(25(26,27)28)29-22(17)30(20)16-5-3-2-4-6-16/h2-12H,13H2,1H3,(H,32,33). The van der Waals surface area contributed by atoms with E-state index in [1.165, 1.54) is 28.8 Å². The zero-order valence-electron chi connectivity index (χ0n) is 18.2. The predicted octanol–water partition coefficient (Wildman–Crippen LogP) is 4.48. The van der Waals surface area contributed by atoms with Crippen molar-refractivity contribution in [2.45, 2.75) is 12.6 Å². The quantitative estimate of drug-likeness (QED) is 0.421. The lowest BCUT2D eigenvalue weighted by Gasteiger charge is -2.19. The van der Waals surface area contributed by atoms with Gasteiger partial charge in [-0.25, -0.2) is 14.6 Å². The summed E-state index contributed by atoms with van der Waals surface area (Å²) in [7, 11) is 1.09. The number of hydrogen-bond donors (Lipinski definition) is 1. The molecule has 0 unspecified atom stereocenters. The van der Waals surface area contributed by atoms with Crippen molar-refractivity contribution in [1.82, 2.24) is 9.55 Å². The Hall–Kier alpha value is -4.47. The van der Waals surface area contributed by atoms with E-state index in [1.54, 1.807) is 30.3 Å². The van der Waals surface area contributed by atoms with E-state index in [-0.39, 0.29) is 34.3 Å². The van der Waals surface area contributed by atoms with Crippen molar-refractivity contribution in [2.75, 3.05) is 7.11 Å². The van der Waals surface area contributed by atoms with Crippen LogP contribution in [-0.4, -0.2) is 33.7 Å². The third-order valence-corrected chi connectivity index (χ3v) is 5.38. The summed E-state index contributed by atoms with van der Waals surface area (Å²) in [6.07, 6.45) is -4.88. The van der Waals surface area contributed by atoms with Gasteiger partial charge in [0.25, 0.3) is 0 Å². The normalized spacial score (nSPS) is 11.4. The largest absolute Gasteiger partial charge is 0.478 e. The van der Waals surface area contributed by atoms with Crippen molar-refractivity contribution in [1.29, 1.82) is 0 Å². The van der Waals surface area contributed by atoms with Gasteiger partial charge in [0.1, 0.15) is 17.0 Å². The third-order valence-electron chi connectivity index (χ3n) is 5.38. The summed E-state index contributed by atoms with van der Waals surface area (Å²) in [5.41, 5.74) is -1.71. The van der Waals surface area contributed by atoms with E-state index in [1.807, 2.05) is 0 Å². The lowest BCUT2D eigenvalue weighted by atomic mass is 9.99. The molecule has 0 saturated heterocycles. The van der Waals surface area contributed by atoms with Crippen LogP contribution in [0.25, 0.3) is 16.7 Å². The number of ether oxygens (including phenoxy) is 1. The molecule has 0 amide bonds. The summed E-state index contributed by atoms with van der Waals surface area (Å²) in [6, 6.07) is 15.5. The van der Waals surface area contributed by atoms with Gasteiger partial charge in [-0.2, -0.15) is 13.2 Å². The second-order valence-electron chi connectivity index (χ2n) is 7.56. The van der Waals surface area contributed by atoms with Crippen LogP contribution in [0.2, 0.25) is 0 Å². The highest BCUT2D eigenvalue weighted by molar-refractivity contribution is 5.94. The second-order valence-corrected chi connectivity index (χ2v) is 7.56. The number of aromatic nitrogens is 2. The number of benzene rings is 2. The van der Waals surface area contributed by atoms with Crippen molar-refractivity contribution in [3.63, 3.8) is 0 Å². The fraction of sp³-hybridized carbons (Fsp3) is 0.120. The number of pyridine rings is 2. The van der Waals surface area contributed by atoms with E-state index in [9.17, 15) is 27.6 Å². The summed E-state index contributed by atoms with van der Waals surface area (Å²) in [6.45, 7) is 0. The number of alkyl halides is 3. The highest BCUT2D eigenvalue weighted by atomic mass is 19.4. The van der Waals surface area contributed by atoms with Gasteiger partial charge in [0, 0.05) is 17.7 Å². The van der Waals surface area contributed by atoms with Crippen molar-refractivity contribution in [3.8, 4) is 5.69 Å².